The molecule has 1 saturated heterocycles. The number of rotatable bonds is 7. The van der Waals surface area contributed by atoms with Gasteiger partial charge in [-0.05, 0) is 96.2 Å². The average molecular weight is 769 g/mol. The van der Waals surface area contributed by atoms with Gasteiger partial charge in [0, 0.05) is 24.2 Å². The summed E-state index contributed by atoms with van der Waals surface area (Å²) in [7, 11) is 0. The quantitative estimate of drug-likeness (QED) is 0.106. The van der Waals surface area contributed by atoms with Gasteiger partial charge in [-0.1, -0.05) is 95.6 Å². The molecule has 54 heavy (non-hydrogen) atoms. The fraction of sp³-hybridized carbons (Fsp3) is 0.395. The molecule has 1 fully saturated rings. The van der Waals surface area contributed by atoms with Crippen molar-refractivity contribution >= 4 is 34.6 Å². The molecule has 1 aliphatic heterocycles. The molecule has 4 aromatic carbocycles. The Bertz CT molecular complexity index is 1960. The first-order valence-corrected chi connectivity index (χ1v) is 18.6. The fourth-order valence-electron chi connectivity index (χ4n) is 6.92. The Kier molecular flexibility index (Phi) is 12.3. The predicted octanol–water partition coefficient (Wildman–Crippen LogP) is 13.2. The fourth-order valence-corrected chi connectivity index (χ4v) is 7.10. The Labute approximate surface area is 319 Å². The van der Waals surface area contributed by atoms with E-state index in [1.165, 1.54) is 5.56 Å². The van der Waals surface area contributed by atoms with Gasteiger partial charge in [-0.3, -0.25) is 0 Å². The molecule has 1 heterocycles. The summed E-state index contributed by atoms with van der Waals surface area (Å²) in [5.41, 5.74) is 4.21. The molecule has 0 unspecified atom stereocenters. The minimum atomic E-state index is -5.03. The van der Waals surface area contributed by atoms with E-state index in [4.69, 9.17) is 21.6 Å². The van der Waals surface area contributed by atoms with Crippen molar-refractivity contribution in [3.63, 3.8) is 0 Å². The van der Waals surface area contributed by atoms with E-state index in [9.17, 15) is 26.3 Å². The number of aryl methyl sites for hydroxylation is 2. The number of hydrogen-bond acceptors (Lipinski definition) is 2. The van der Waals surface area contributed by atoms with Gasteiger partial charge in [0.2, 0.25) is 0 Å². The third kappa shape index (κ3) is 9.13. The number of benzene rings is 4. The number of para-hydroxylation sites is 2. The van der Waals surface area contributed by atoms with Gasteiger partial charge in [-0.25, -0.2) is 9.98 Å². The zero-order valence-electron chi connectivity index (χ0n) is 31.9. The van der Waals surface area contributed by atoms with Crippen molar-refractivity contribution in [3.05, 3.63) is 128 Å². The molecular formula is C43H47ClF6N4. The molecular weight excluding hydrogens is 722 g/mol. The Morgan fingerprint density at radius 1 is 0.648 bits per heavy atom. The molecule has 0 spiro atoms. The number of aliphatic imine (C=N–C) groups is 2. The second-order valence-corrected chi connectivity index (χ2v) is 15.3. The lowest BCUT2D eigenvalue weighted by Gasteiger charge is -2.40. The van der Waals surface area contributed by atoms with Crippen molar-refractivity contribution in [1.82, 2.24) is 9.80 Å². The minimum absolute atomic E-state index is 0.0576. The van der Waals surface area contributed by atoms with Gasteiger partial charge in [0.1, 0.15) is 11.7 Å². The van der Waals surface area contributed by atoms with Crippen LogP contribution in [0.4, 0.5) is 37.7 Å². The third-order valence-corrected chi connectivity index (χ3v) is 10.0. The lowest BCUT2D eigenvalue weighted by atomic mass is 9.91. The lowest BCUT2D eigenvalue weighted by molar-refractivity contribution is -0.143. The van der Waals surface area contributed by atoms with Crippen LogP contribution in [0, 0.1) is 13.8 Å². The number of nitrogens with zero attached hydrogens (tertiary/aromatic N) is 4. The number of hydrogen-bond donors (Lipinski definition) is 0. The summed E-state index contributed by atoms with van der Waals surface area (Å²) in [6.07, 6.45) is -9.54. The van der Waals surface area contributed by atoms with Crippen LogP contribution in [0.25, 0.3) is 0 Å². The van der Waals surface area contributed by atoms with Crippen LogP contribution in [0.1, 0.15) is 116 Å². The molecule has 0 radical (unpaired) electrons. The summed E-state index contributed by atoms with van der Waals surface area (Å²) in [6, 6.07) is 18.6. The highest BCUT2D eigenvalue weighted by Gasteiger charge is 2.38. The molecule has 0 bridgehead atoms. The van der Waals surface area contributed by atoms with Gasteiger partial charge < -0.3 is 9.80 Å². The van der Waals surface area contributed by atoms with Crippen molar-refractivity contribution in [1.29, 1.82) is 0 Å². The Morgan fingerprint density at radius 3 is 1.65 bits per heavy atom. The van der Waals surface area contributed by atoms with Crippen molar-refractivity contribution in [3.8, 4) is 0 Å². The maximum atomic E-state index is 14.2. The van der Waals surface area contributed by atoms with Gasteiger partial charge >= 0.3 is 12.4 Å². The summed E-state index contributed by atoms with van der Waals surface area (Å²) >= 11 is 6.49. The zero-order chi connectivity index (χ0) is 39.7. The second-order valence-electron chi connectivity index (χ2n) is 14.9. The Hall–Kier alpha value is -4.31. The highest BCUT2D eigenvalue weighted by Crippen LogP contribution is 2.39. The van der Waals surface area contributed by atoms with Gasteiger partial charge in [0.05, 0.1) is 34.2 Å². The van der Waals surface area contributed by atoms with E-state index < -0.39 is 23.5 Å². The van der Waals surface area contributed by atoms with Crippen molar-refractivity contribution in [2.75, 3.05) is 19.8 Å². The van der Waals surface area contributed by atoms with E-state index in [0.717, 1.165) is 45.6 Å². The molecule has 0 aliphatic carbocycles. The van der Waals surface area contributed by atoms with Crippen LogP contribution in [0.15, 0.2) is 82.8 Å². The van der Waals surface area contributed by atoms with Gasteiger partial charge in [0.25, 0.3) is 0 Å². The first kappa shape index (κ1) is 40.9. The first-order valence-electron chi connectivity index (χ1n) is 18.2. The Morgan fingerprint density at radius 2 is 1.17 bits per heavy atom. The van der Waals surface area contributed by atoms with Crippen LogP contribution in [0.5, 0.6) is 0 Å². The average Bonchev–Trinajstić information content (AvgIpc) is 3.09. The van der Waals surface area contributed by atoms with Gasteiger partial charge in [0.15, 0.2) is 0 Å². The summed E-state index contributed by atoms with van der Waals surface area (Å²) in [5, 5.41) is 0.206. The molecule has 4 aromatic rings. The molecule has 11 heteroatoms. The van der Waals surface area contributed by atoms with Crippen molar-refractivity contribution in [2.24, 2.45) is 9.98 Å². The van der Waals surface area contributed by atoms with E-state index >= 15 is 0 Å². The summed E-state index contributed by atoms with van der Waals surface area (Å²) in [6.45, 7) is 17.8. The minimum Gasteiger partial charge on any atom is -0.338 e. The Balaban J connectivity index is 1.76. The highest BCUT2D eigenvalue weighted by molar-refractivity contribution is 6.33. The topological polar surface area (TPSA) is 31.2 Å². The molecule has 0 saturated carbocycles. The molecule has 4 nitrogen and oxygen atoms in total. The van der Waals surface area contributed by atoms with Crippen LogP contribution in [0.2, 0.25) is 5.02 Å². The molecule has 0 amide bonds. The van der Waals surface area contributed by atoms with Gasteiger partial charge in [-0.2, -0.15) is 26.3 Å². The van der Waals surface area contributed by atoms with Crippen LogP contribution in [-0.4, -0.2) is 41.2 Å². The molecule has 0 atom stereocenters. The smallest absolute Gasteiger partial charge is 0.338 e. The monoisotopic (exact) mass is 768 g/mol. The molecule has 5 rings (SSSR count). The van der Waals surface area contributed by atoms with Crippen LogP contribution < -0.4 is 0 Å². The lowest BCUT2D eigenvalue weighted by Crippen LogP contribution is -2.50. The van der Waals surface area contributed by atoms with E-state index in [-0.39, 0.29) is 52.6 Å². The summed E-state index contributed by atoms with van der Waals surface area (Å²) < 4.78 is 85.0. The van der Waals surface area contributed by atoms with Crippen LogP contribution in [0.3, 0.4) is 0 Å². The SMILES string of the molecule is Cc1cc(C(C)C)cc(C)c1C(=Nc1c(C(C)C)cccc1C(C)C)N1CCCN(C(=Nc2ccccc2Cl)c2cc(C(F)(F)F)cc(C(F)(F)F)c2)C1. The maximum Gasteiger partial charge on any atom is 0.416 e. The van der Waals surface area contributed by atoms with Crippen molar-refractivity contribution < 1.29 is 26.3 Å². The largest absolute Gasteiger partial charge is 0.416 e. The second kappa shape index (κ2) is 16.2. The van der Waals surface area contributed by atoms with Crippen LogP contribution >= 0.6 is 11.6 Å². The molecule has 0 N–H and O–H groups in total. The third-order valence-electron chi connectivity index (χ3n) is 9.73. The standard InChI is InChI=1S/C43H47ClF6N4/c1-25(2)30-19-28(7)38(29(8)20-30)41(52-39-34(26(3)4)13-11-14-35(39)27(5)6)54-18-12-17-53(24-54)40(51-37-16-10-9-15-36(37)44)31-21-32(42(45,46)47)23-33(22-31)43(48,49)50/h9-11,13-16,19-23,25-27H,12,17-18,24H2,1-8H3. The summed E-state index contributed by atoms with van der Waals surface area (Å²) in [5.74, 6) is 1.22. The normalized spacial score (nSPS) is 14.9. The van der Waals surface area contributed by atoms with E-state index in [2.05, 4.69) is 84.6 Å². The highest BCUT2D eigenvalue weighted by atomic mass is 35.5. The van der Waals surface area contributed by atoms with E-state index in [1.807, 2.05) is 6.07 Å². The molecule has 0 aromatic heterocycles. The predicted molar refractivity (Wildman–Crippen MR) is 208 cm³/mol. The number of amidine groups is 2. The van der Waals surface area contributed by atoms with Crippen LogP contribution in [-0.2, 0) is 12.4 Å². The zero-order valence-corrected chi connectivity index (χ0v) is 32.7. The van der Waals surface area contributed by atoms with Crippen molar-refractivity contribution in [2.45, 2.75) is 91.9 Å². The summed E-state index contributed by atoms with van der Waals surface area (Å²) in [4.78, 5) is 14.0. The number of alkyl halides is 6. The molecule has 1 aliphatic rings. The first-order chi connectivity index (χ1) is 25.3. The number of halogens is 7. The van der Waals surface area contributed by atoms with Gasteiger partial charge in [-0.15, -0.1) is 0 Å². The van der Waals surface area contributed by atoms with E-state index in [0.29, 0.717) is 25.3 Å². The molecule has 288 valence electrons. The van der Waals surface area contributed by atoms with E-state index in [1.54, 1.807) is 29.2 Å². The maximum absolute atomic E-state index is 14.2.